The first-order chi connectivity index (χ1) is 22.4. The Hall–Kier alpha value is -5.23. The van der Waals surface area contributed by atoms with Crippen molar-refractivity contribution in [3.63, 3.8) is 0 Å². The summed E-state index contributed by atoms with van der Waals surface area (Å²) in [6.07, 6.45) is 7.83. The van der Waals surface area contributed by atoms with Crippen molar-refractivity contribution < 1.29 is 13.9 Å². The molecule has 0 atom stereocenters. The number of aromatic nitrogens is 7. The SMILES string of the molecule is CC(C)CC(=O)Nc1cncc(-c2ccc3[nH]nc(-c4nc5c(-c6cc(F)cc(OCCN7CCCC7)c6)ccnc5[nH]4)c3n2)c1. The topological polar surface area (TPSA) is 138 Å². The van der Waals surface area contributed by atoms with Gasteiger partial charge in [0.25, 0.3) is 0 Å². The van der Waals surface area contributed by atoms with Gasteiger partial charge in [-0.1, -0.05) is 13.8 Å². The molecule has 1 saturated heterocycles. The number of aromatic amines is 2. The number of amides is 1. The Morgan fingerprint density at radius 1 is 1.04 bits per heavy atom. The van der Waals surface area contributed by atoms with Crippen molar-refractivity contribution in [1.82, 2.24) is 40.0 Å². The number of nitrogens with one attached hydrogen (secondary N) is 3. The van der Waals surface area contributed by atoms with E-state index >= 15 is 0 Å². The lowest BCUT2D eigenvalue weighted by Crippen LogP contribution is -2.25. The van der Waals surface area contributed by atoms with Crippen LogP contribution < -0.4 is 10.1 Å². The molecule has 1 fully saturated rings. The van der Waals surface area contributed by atoms with Gasteiger partial charge in [0.1, 0.15) is 29.2 Å². The predicted octanol–water partition coefficient (Wildman–Crippen LogP) is 6.22. The van der Waals surface area contributed by atoms with E-state index in [1.165, 1.54) is 25.0 Å². The average Bonchev–Trinajstić information content (AvgIpc) is 3.80. The second-order valence-electron chi connectivity index (χ2n) is 12.0. The molecule has 0 radical (unpaired) electrons. The number of halogens is 1. The van der Waals surface area contributed by atoms with Crippen LogP contribution in [-0.2, 0) is 4.79 Å². The van der Waals surface area contributed by atoms with Crippen molar-refractivity contribution in [2.75, 3.05) is 31.6 Å². The zero-order chi connectivity index (χ0) is 31.6. The first-order valence-electron chi connectivity index (χ1n) is 15.5. The molecule has 0 unspecified atom stereocenters. The maximum absolute atomic E-state index is 14.8. The third-order valence-corrected chi connectivity index (χ3v) is 7.99. The number of likely N-dealkylation sites (tertiary alicyclic amines) is 1. The summed E-state index contributed by atoms with van der Waals surface area (Å²) in [6.45, 7) is 7.48. The summed E-state index contributed by atoms with van der Waals surface area (Å²) in [4.78, 5) is 36.5. The maximum Gasteiger partial charge on any atom is 0.224 e. The van der Waals surface area contributed by atoms with Crippen LogP contribution in [0.1, 0.15) is 33.1 Å². The highest BCUT2D eigenvalue weighted by Crippen LogP contribution is 2.33. The Morgan fingerprint density at radius 3 is 2.76 bits per heavy atom. The molecule has 12 heteroatoms. The molecule has 0 spiro atoms. The van der Waals surface area contributed by atoms with Crippen molar-refractivity contribution >= 4 is 33.8 Å². The zero-order valence-corrected chi connectivity index (χ0v) is 25.7. The van der Waals surface area contributed by atoms with Crippen molar-refractivity contribution in [2.45, 2.75) is 33.1 Å². The van der Waals surface area contributed by atoms with Gasteiger partial charge in [0.2, 0.25) is 5.91 Å². The van der Waals surface area contributed by atoms with Gasteiger partial charge in [0.15, 0.2) is 17.2 Å². The van der Waals surface area contributed by atoms with E-state index in [0.29, 0.717) is 69.5 Å². The standard InChI is InChI=1S/C34H34FN9O2/c1-20(2)13-29(45)38-24-15-22(18-36-19-24)27-5-6-28-31(39-27)32(43-42-28)34-40-30-26(7-8-37-33(30)41-34)21-14-23(35)17-25(16-21)46-12-11-44-9-3-4-10-44/h5-8,14-20H,3-4,9-13H2,1-2H3,(H,38,45)(H,42,43)(H,37,40,41). The number of fused-ring (bicyclic) bond motifs is 2. The summed E-state index contributed by atoms with van der Waals surface area (Å²) in [5, 5.41) is 10.5. The molecule has 0 saturated carbocycles. The summed E-state index contributed by atoms with van der Waals surface area (Å²) in [5.74, 6) is 0.744. The number of hydrogen-bond donors (Lipinski definition) is 3. The van der Waals surface area contributed by atoms with Gasteiger partial charge in [-0.05, 0) is 73.8 Å². The lowest BCUT2D eigenvalue weighted by molar-refractivity contribution is -0.116. The van der Waals surface area contributed by atoms with Crippen molar-refractivity contribution in [1.29, 1.82) is 0 Å². The van der Waals surface area contributed by atoms with Crippen molar-refractivity contribution in [3.05, 3.63) is 66.9 Å². The van der Waals surface area contributed by atoms with E-state index < -0.39 is 0 Å². The first kappa shape index (κ1) is 29.5. The number of hydrogen-bond acceptors (Lipinski definition) is 8. The van der Waals surface area contributed by atoms with Gasteiger partial charge in [-0.3, -0.25) is 19.8 Å². The largest absolute Gasteiger partial charge is 0.492 e. The summed E-state index contributed by atoms with van der Waals surface area (Å²) >= 11 is 0. The fourth-order valence-electron chi connectivity index (χ4n) is 5.81. The quantitative estimate of drug-likeness (QED) is 0.164. The number of carbonyl (C=O) groups is 1. The lowest BCUT2D eigenvalue weighted by atomic mass is 10.1. The molecule has 7 rings (SSSR count). The lowest BCUT2D eigenvalue weighted by Gasteiger charge is -2.15. The Bertz CT molecular complexity index is 2030. The number of carbonyl (C=O) groups excluding carboxylic acids is 1. The highest BCUT2D eigenvalue weighted by atomic mass is 19.1. The van der Waals surface area contributed by atoms with Crippen LogP contribution >= 0.6 is 0 Å². The van der Waals surface area contributed by atoms with Crippen molar-refractivity contribution in [2.24, 2.45) is 5.92 Å². The Kier molecular flexibility index (Phi) is 8.10. The molecule has 11 nitrogen and oxygen atoms in total. The third-order valence-electron chi connectivity index (χ3n) is 7.99. The van der Waals surface area contributed by atoms with Crippen LogP contribution in [0, 0.1) is 11.7 Å². The van der Waals surface area contributed by atoms with Gasteiger partial charge in [-0.2, -0.15) is 5.10 Å². The molecular weight excluding hydrogens is 585 g/mol. The molecule has 1 aliphatic heterocycles. The van der Waals surface area contributed by atoms with E-state index in [1.807, 2.05) is 44.2 Å². The number of benzene rings is 1. The van der Waals surface area contributed by atoms with Crippen LogP contribution in [-0.4, -0.2) is 72.2 Å². The highest BCUT2D eigenvalue weighted by Gasteiger charge is 2.19. The van der Waals surface area contributed by atoms with E-state index in [4.69, 9.17) is 14.7 Å². The fourth-order valence-corrected chi connectivity index (χ4v) is 5.81. The van der Waals surface area contributed by atoms with Gasteiger partial charge in [0, 0.05) is 42.6 Å². The number of nitrogens with zero attached hydrogens (tertiary/aromatic N) is 6. The van der Waals surface area contributed by atoms with E-state index in [-0.39, 0.29) is 17.6 Å². The molecule has 1 aromatic carbocycles. The second kappa shape index (κ2) is 12.6. The molecule has 6 heterocycles. The highest BCUT2D eigenvalue weighted by molar-refractivity contribution is 5.95. The number of imidazole rings is 1. The molecule has 0 aliphatic carbocycles. The van der Waals surface area contributed by atoms with E-state index in [2.05, 4.69) is 35.4 Å². The minimum atomic E-state index is -0.387. The van der Waals surface area contributed by atoms with Gasteiger partial charge in [0.05, 0.1) is 23.1 Å². The van der Waals surface area contributed by atoms with Crippen LogP contribution in [0.2, 0.25) is 0 Å². The van der Waals surface area contributed by atoms with Crippen LogP contribution in [0.4, 0.5) is 10.1 Å². The average molecular weight is 620 g/mol. The molecule has 6 aromatic rings. The summed E-state index contributed by atoms with van der Waals surface area (Å²) in [5.41, 5.74) is 6.32. The minimum absolute atomic E-state index is 0.0631. The third kappa shape index (κ3) is 6.29. The van der Waals surface area contributed by atoms with Crippen LogP contribution in [0.3, 0.4) is 0 Å². The normalized spacial score (nSPS) is 13.7. The number of ether oxygens (including phenoxy) is 1. The van der Waals surface area contributed by atoms with Gasteiger partial charge in [-0.15, -0.1) is 0 Å². The van der Waals surface area contributed by atoms with Crippen LogP contribution in [0.25, 0.3) is 56.1 Å². The number of H-pyrrole nitrogens is 2. The molecule has 1 aliphatic rings. The van der Waals surface area contributed by atoms with E-state index in [0.717, 1.165) is 30.7 Å². The number of anilines is 1. The minimum Gasteiger partial charge on any atom is -0.492 e. The molecular formula is C34H34FN9O2. The Morgan fingerprint density at radius 2 is 1.91 bits per heavy atom. The summed E-state index contributed by atoms with van der Waals surface area (Å²) in [7, 11) is 0. The van der Waals surface area contributed by atoms with E-state index in [1.54, 1.807) is 18.6 Å². The van der Waals surface area contributed by atoms with Gasteiger partial charge < -0.3 is 15.0 Å². The fraction of sp³-hybridized carbons (Fsp3) is 0.294. The smallest absolute Gasteiger partial charge is 0.224 e. The molecule has 3 N–H and O–H groups in total. The Labute approximate surface area is 264 Å². The molecule has 1 amide bonds. The van der Waals surface area contributed by atoms with E-state index in [9.17, 15) is 9.18 Å². The summed E-state index contributed by atoms with van der Waals surface area (Å²) in [6, 6.07) is 12.1. The number of pyridine rings is 3. The first-order valence-corrected chi connectivity index (χ1v) is 15.5. The summed E-state index contributed by atoms with van der Waals surface area (Å²) < 4.78 is 20.7. The van der Waals surface area contributed by atoms with Crippen LogP contribution in [0.15, 0.2) is 61.1 Å². The van der Waals surface area contributed by atoms with Crippen molar-refractivity contribution in [3.8, 4) is 39.7 Å². The molecule has 0 bridgehead atoms. The predicted molar refractivity (Wildman–Crippen MR) is 175 cm³/mol. The maximum atomic E-state index is 14.8. The Balaban J connectivity index is 1.18. The van der Waals surface area contributed by atoms with Crippen LogP contribution in [0.5, 0.6) is 5.75 Å². The van der Waals surface area contributed by atoms with Gasteiger partial charge >= 0.3 is 0 Å². The molecule has 46 heavy (non-hydrogen) atoms. The molecule has 234 valence electrons. The van der Waals surface area contributed by atoms with Gasteiger partial charge in [-0.25, -0.2) is 19.3 Å². The monoisotopic (exact) mass is 619 g/mol. The number of rotatable bonds is 10. The zero-order valence-electron chi connectivity index (χ0n) is 25.7. The molecule has 5 aromatic heterocycles. The second-order valence-corrected chi connectivity index (χ2v) is 12.0.